The van der Waals surface area contributed by atoms with Gasteiger partial charge in [-0.2, -0.15) is 13.2 Å². The van der Waals surface area contributed by atoms with Gasteiger partial charge < -0.3 is 14.4 Å². The number of nitrogens with zero attached hydrogens (tertiary/aromatic N) is 1. The largest absolute Gasteiger partial charge is 0.479 e. The molecule has 1 aliphatic heterocycles. The van der Waals surface area contributed by atoms with Gasteiger partial charge in [0.05, 0.1) is 12.6 Å². The third-order valence-corrected chi connectivity index (χ3v) is 4.23. The van der Waals surface area contributed by atoms with Gasteiger partial charge in [-0.25, -0.2) is 8.78 Å². The van der Waals surface area contributed by atoms with Crippen molar-refractivity contribution in [1.29, 1.82) is 0 Å². The molecule has 1 N–H and O–H groups in total. The van der Waals surface area contributed by atoms with E-state index in [4.69, 9.17) is 0 Å². The molecule has 0 aliphatic carbocycles. The molecule has 1 heterocycles. The van der Waals surface area contributed by atoms with Gasteiger partial charge in [0.2, 0.25) is 5.91 Å². The van der Waals surface area contributed by atoms with Gasteiger partial charge in [-0.15, -0.1) is 0 Å². The number of benzene rings is 1. The highest BCUT2D eigenvalue weighted by Crippen LogP contribution is 2.33. The van der Waals surface area contributed by atoms with E-state index >= 15 is 0 Å². The summed E-state index contributed by atoms with van der Waals surface area (Å²) in [6.45, 7) is 0.322. The lowest BCUT2D eigenvalue weighted by molar-refractivity contribution is -0.132. The van der Waals surface area contributed by atoms with Crippen LogP contribution < -0.4 is 9.50 Å². The SMILES string of the molecule is CNC(Cc1ccc(OSC(F)(F)F)cc1F)C(=O)N1CCC(F)C1. The molecule has 0 bridgehead atoms. The van der Waals surface area contributed by atoms with Crippen molar-refractivity contribution >= 4 is 17.9 Å². The number of hydrogen-bond donors (Lipinski definition) is 1. The molecule has 0 radical (unpaired) electrons. The Bertz CT molecular complexity index is 614. The van der Waals surface area contributed by atoms with Crippen molar-refractivity contribution < 1.29 is 30.9 Å². The van der Waals surface area contributed by atoms with E-state index in [-0.39, 0.29) is 36.6 Å². The molecule has 0 spiro atoms. The summed E-state index contributed by atoms with van der Waals surface area (Å²) >= 11 is -0.734. The maximum atomic E-state index is 14.1. The number of halogens is 5. The van der Waals surface area contributed by atoms with Crippen molar-refractivity contribution in [1.82, 2.24) is 10.2 Å². The van der Waals surface area contributed by atoms with Crippen LogP contribution in [0.25, 0.3) is 0 Å². The second kappa shape index (κ2) is 8.22. The smallest absolute Gasteiger partial charge is 0.417 e. The van der Waals surface area contributed by atoms with Crippen LogP contribution in [-0.2, 0) is 11.2 Å². The van der Waals surface area contributed by atoms with Gasteiger partial charge in [-0.1, -0.05) is 6.07 Å². The first kappa shape index (κ1) is 19.8. The van der Waals surface area contributed by atoms with E-state index in [1.54, 1.807) is 0 Å². The predicted octanol–water partition coefficient (Wildman–Crippen LogP) is 3.07. The number of hydrogen-bond acceptors (Lipinski definition) is 4. The third-order valence-electron chi connectivity index (χ3n) is 3.77. The zero-order chi connectivity index (χ0) is 18.6. The Labute approximate surface area is 145 Å². The fourth-order valence-corrected chi connectivity index (χ4v) is 2.81. The van der Waals surface area contributed by atoms with Gasteiger partial charge in [0, 0.05) is 12.6 Å². The summed E-state index contributed by atoms with van der Waals surface area (Å²) in [7, 11) is 1.53. The molecule has 1 saturated heterocycles. The molecular weight excluding hydrogens is 367 g/mol. The number of alkyl halides is 4. The second-order valence-electron chi connectivity index (χ2n) is 5.58. The van der Waals surface area contributed by atoms with Crippen molar-refractivity contribution in [3.8, 4) is 5.75 Å². The average molecular weight is 384 g/mol. The molecule has 10 heteroatoms. The van der Waals surface area contributed by atoms with Gasteiger partial charge >= 0.3 is 5.51 Å². The number of rotatable bonds is 6. The zero-order valence-electron chi connectivity index (χ0n) is 13.3. The quantitative estimate of drug-likeness (QED) is 0.605. The summed E-state index contributed by atoms with van der Waals surface area (Å²) in [5.41, 5.74) is -4.45. The molecule has 1 aromatic carbocycles. The highest BCUT2D eigenvalue weighted by atomic mass is 32.2. The summed E-state index contributed by atoms with van der Waals surface area (Å²) in [6.07, 6.45) is -0.790. The van der Waals surface area contributed by atoms with Crippen molar-refractivity contribution in [3.05, 3.63) is 29.6 Å². The Morgan fingerprint density at radius 3 is 2.72 bits per heavy atom. The summed E-state index contributed by atoms with van der Waals surface area (Å²) in [6, 6.07) is 2.54. The number of likely N-dealkylation sites (N-methyl/N-ethyl adjacent to an activating group) is 1. The Balaban J connectivity index is 2.01. The first-order valence-electron chi connectivity index (χ1n) is 7.50. The van der Waals surface area contributed by atoms with Crippen LogP contribution >= 0.6 is 12.0 Å². The lowest BCUT2D eigenvalue weighted by Gasteiger charge is -2.23. The fourth-order valence-electron chi connectivity index (χ4n) is 2.51. The van der Waals surface area contributed by atoms with Crippen molar-refractivity contribution in [2.24, 2.45) is 0 Å². The molecule has 4 nitrogen and oxygen atoms in total. The van der Waals surface area contributed by atoms with E-state index in [2.05, 4.69) is 9.50 Å². The number of nitrogens with one attached hydrogen (secondary N) is 1. The van der Waals surface area contributed by atoms with Crippen LogP contribution in [0, 0.1) is 5.82 Å². The Kier molecular flexibility index (Phi) is 6.50. The van der Waals surface area contributed by atoms with Crippen LogP contribution in [0.4, 0.5) is 22.0 Å². The normalized spacial score (nSPS) is 19.1. The summed E-state index contributed by atoms with van der Waals surface area (Å²) in [5, 5.41) is 2.76. The van der Waals surface area contributed by atoms with Gasteiger partial charge in [-0.05, 0) is 31.5 Å². The van der Waals surface area contributed by atoms with Crippen LogP contribution in [0.2, 0.25) is 0 Å². The van der Waals surface area contributed by atoms with Crippen LogP contribution in [-0.4, -0.2) is 48.7 Å². The van der Waals surface area contributed by atoms with E-state index < -0.39 is 35.6 Å². The molecule has 2 rings (SSSR count). The molecule has 2 atom stereocenters. The molecule has 1 amide bonds. The standard InChI is InChI=1S/C15H17F5N2O2S/c1-21-13(14(23)22-5-4-10(16)8-22)6-9-2-3-11(7-12(9)17)24-25-15(18,19)20/h2-3,7,10,13,21H,4-6,8H2,1H3. The highest BCUT2D eigenvalue weighted by molar-refractivity contribution is 7.95. The highest BCUT2D eigenvalue weighted by Gasteiger charge is 2.32. The van der Waals surface area contributed by atoms with Crippen LogP contribution in [0.15, 0.2) is 18.2 Å². The van der Waals surface area contributed by atoms with E-state index in [1.807, 2.05) is 0 Å². The van der Waals surface area contributed by atoms with Crippen molar-refractivity contribution in [2.45, 2.75) is 30.6 Å². The monoisotopic (exact) mass is 384 g/mol. The molecule has 25 heavy (non-hydrogen) atoms. The third kappa shape index (κ3) is 5.74. The van der Waals surface area contributed by atoms with Gasteiger partial charge in [0.25, 0.3) is 0 Å². The van der Waals surface area contributed by atoms with Crippen LogP contribution in [0.5, 0.6) is 5.75 Å². The molecular formula is C15H17F5N2O2S. The van der Waals surface area contributed by atoms with Gasteiger partial charge in [-0.3, -0.25) is 4.79 Å². The number of amides is 1. The molecule has 1 aromatic rings. The van der Waals surface area contributed by atoms with E-state index in [0.717, 1.165) is 6.07 Å². The topological polar surface area (TPSA) is 41.6 Å². The Morgan fingerprint density at radius 2 is 2.20 bits per heavy atom. The lowest BCUT2D eigenvalue weighted by atomic mass is 10.0. The number of likely N-dealkylation sites (tertiary alicyclic amines) is 1. The predicted molar refractivity (Wildman–Crippen MR) is 83.3 cm³/mol. The zero-order valence-corrected chi connectivity index (χ0v) is 14.1. The Morgan fingerprint density at radius 1 is 1.48 bits per heavy atom. The first-order valence-corrected chi connectivity index (χ1v) is 8.24. The summed E-state index contributed by atoms with van der Waals surface area (Å²) in [5.74, 6) is -1.40. The maximum Gasteiger partial charge on any atom is 0.479 e. The van der Waals surface area contributed by atoms with Gasteiger partial charge in [0.1, 0.15) is 17.7 Å². The first-order chi connectivity index (χ1) is 11.7. The fraction of sp³-hybridized carbons (Fsp3) is 0.533. The van der Waals surface area contributed by atoms with Crippen molar-refractivity contribution in [3.63, 3.8) is 0 Å². The Hall–Kier alpha value is -1.55. The molecule has 0 aromatic heterocycles. The molecule has 2 unspecified atom stereocenters. The van der Waals surface area contributed by atoms with E-state index in [0.29, 0.717) is 6.54 Å². The molecule has 1 fully saturated rings. The number of carbonyl (C=O) groups excluding carboxylic acids is 1. The van der Waals surface area contributed by atoms with Crippen molar-refractivity contribution in [2.75, 3.05) is 20.1 Å². The van der Waals surface area contributed by atoms with Crippen LogP contribution in [0.1, 0.15) is 12.0 Å². The minimum absolute atomic E-state index is 0.0126. The van der Waals surface area contributed by atoms with Gasteiger partial charge in [0.15, 0.2) is 12.0 Å². The molecule has 1 aliphatic rings. The molecule has 140 valence electrons. The lowest BCUT2D eigenvalue weighted by Crippen LogP contribution is -2.45. The molecule has 0 saturated carbocycles. The maximum absolute atomic E-state index is 14.1. The van der Waals surface area contributed by atoms with E-state index in [9.17, 15) is 26.7 Å². The number of carbonyl (C=O) groups is 1. The summed E-state index contributed by atoms with van der Waals surface area (Å²) < 4.78 is 67.9. The second-order valence-corrected chi connectivity index (χ2v) is 6.38. The minimum atomic E-state index is -4.59. The minimum Gasteiger partial charge on any atom is -0.417 e. The average Bonchev–Trinajstić information content (AvgIpc) is 2.97. The van der Waals surface area contributed by atoms with Crippen LogP contribution in [0.3, 0.4) is 0 Å². The van der Waals surface area contributed by atoms with E-state index in [1.165, 1.54) is 24.1 Å². The summed E-state index contributed by atoms with van der Waals surface area (Å²) in [4.78, 5) is 13.7.